The van der Waals surface area contributed by atoms with Crippen molar-refractivity contribution in [3.63, 3.8) is 0 Å². The van der Waals surface area contributed by atoms with Gasteiger partial charge in [-0.15, -0.1) is 0 Å². The maximum Gasteiger partial charge on any atom is 0.328 e. The number of rotatable bonds is 1. The van der Waals surface area contributed by atoms with Crippen LogP contribution in [0.3, 0.4) is 0 Å². The number of halogens is 2. The SMILES string of the molecule is O=C(O)C1(Br)C=C(Br)OC1. The average Bonchev–Trinajstić information content (AvgIpc) is 2.13. The first-order valence-electron chi connectivity index (χ1n) is 2.48. The first-order chi connectivity index (χ1) is 4.54. The van der Waals surface area contributed by atoms with Gasteiger partial charge in [-0.2, -0.15) is 0 Å². The molecule has 0 bridgehead atoms. The molecular weight excluding hydrogens is 268 g/mol. The summed E-state index contributed by atoms with van der Waals surface area (Å²) in [6.45, 7) is 0.128. The van der Waals surface area contributed by atoms with Crippen molar-refractivity contribution in [1.29, 1.82) is 0 Å². The molecule has 0 fully saturated rings. The smallest absolute Gasteiger partial charge is 0.328 e. The Kier molecular flexibility index (Phi) is 2.05. The van der Waals surface area contributed by atoms with Gasteiger partial charge in [0.15, 0.2) is 8.99 Å². The lowest BCUT2D eigenvalue weighted by Gasteiger charge is -2.09. The normalized spacial score (nSPS) is 31.2. The van der Waals surface area contributed by atoms with Gasteiger partial charge in [0.2, 0.25) is 0 Å². The molecule has 1 aliphatic heterocycles. The lowest BCUT2D eigenvalue weighted by Crippen LogP contribution is -2.30. The second-order valence-electron chi connectivity index (χ2n) is 1.90. The molecule has 1 atom stereocenters. The summed E-state index contributed by atoms with van der Waals surface area (Å²) in [7, 11) is 0. The van der Waals surface area contributed by atoms with E-state index in [-0.39, 0.29) is 6.61 Å². The maximum absolute atomic E-state index is 10.5. The third kappa shape index (κ3) is 1.34. The molecule has 10 heavy (non-hydrogen) atoms. The molecule has 3 nitrogen and oxygen atoms in total. The zero-order valence-electron chi connectivity index (χ0n) is 4.80. The number of alkyl halides is 1. The van der Waals surface area contributed by atoms with E-state index in [9.17, 15) is 4.79 Å². The predicted molar refractivity (Wildman–Crippen MR) is 42.3 cm³/mol. The van der Waals surface area contributed by atoms with E-state index < -0.39 is 10.3 Å². The molecule has 1 heterocycles. The molecule has 0 aromatic rings. The van der Waals surface area contributed by atoms with Gasteiger partial charge < -0.3 is 9.84 Å². The van der Waals surface area contributed by atoms with Gasteiger partial charge in [0.1, 0.15) is 6.61 Å². The standard InChI is InChI=1S/C5H4Br2O3/c6-3-1-5(7,2-10-3)4(8)9/h1H,2H2,(H,8,9). The monoisotopic (exact) mass is 270 g/mol. The summed E-state index contributed by atoms with van der Waals surface area (Å²) in [5, 5.41) is 8.60. The number of aliphatic carboxylic acids is 1. The molecule has 1 unspecified atom stereocenters. The minimum atomic E-state index is -1.04. The first-order valence-corrected chi connectivity index (χ1v) is 4.07. The number of carboxylic acids is 1. The van der Waals surface area contributed by atoms with E-state index in [0.717, 1.165) is 0 Å². The van der Waals surface area contributed by atoms with E-state index in [1.165, 1.54) is 6.08 Å². The Balaban J connectivity index is 2.82. The van der Waals surface area contributed by atoms with Crippen LogP contribution in [0, 0.1) is 0 Å². The Labute approximate surface area is 74.3 Å². The lowest BCUT2D eigenvalue weighted by atomic mass is 10.2. The van der Waals surface area contributed by atoms with Crippen molar-refractivity contribution in [3.05, 3.63) is 10.7 Å². The van der Waals surface area contributed by atoms with Crippen LogP contribution < -0.4 is 0 Å². The zero-order chi connectivity index (χ0) is 7.78. The lowest BCUT2D eigenvalue weighted by molar-refractivity contribution is -0.138. The second-order valence-corrected chi connectivity index (χ2v) is 4.10. The average molecular weight is 272 g/mol. The van der Waals surface area contributed by atoms with Crippen LogP contribution in [0.15, 0.2) is 10.7 Å². The van der Waals surface area contributed by atoms with Gasteiger partial charge in [0.05, 0.1) is 0 Å². The molecule has 0 spiro atoms. The summed E-state index contributed by atoms with van der Waals surface area (Å²) in [6.07, 6.45) is 1.47. The predicted octanol–water partition coefficient (Wildman–Crippen LogP) is 1.47. The molecule has 56 valence electrons. The van der Waals surface area contributed by atoms with Gasteiger partial charge in [-0.1, -0.05) is 15.9 Å². The van der Waals surface area contributed by atoms with Crippen molar-refractivity contribution in [3.8, 4) is 0 Å². The minimum absolute atomic E-state index is 0.128. The van der Waals surface area contributed by atoms with Crippen molar-refractivity contribution < 1.29 is 14.6 Å². The van der Waals surface area contributed by atoms with Crippen LogP contribution in [-0.2, 0) is 9.53 Å². The molecular formula is C5H4Br2O3. The van der Waals surface area contributed by atoms with Crippen LogP contribution in [-0.4, -0.2) is 22.0 Å². The van der Waals surface area contributed by atoms with Gasteiger partial charge in [-0.05, 0) is 22.0 Å². The topological polar surface area (TPSA) is 46.5 Å². The van der Waals surface area contributed by atoms with Crippen molar-refractivity contribution in [2.24, 2.45) is 0 Å². The Bertz CT molecular complexity index is 201. The Morgan fingerprint density at radius 2 is 2.50 bits per heavy atom. The molecule has 5 heteroatoms. The fourth-order valence-electron chi connectivity index (χ4n) is 0.561. The van der Waals surface area contributed by atoms with Crippen molar-refractivity contribution >= 4 is 37.8 Å². The fraction of sp³-hybridized carbons (Fsp3) is 0.400. The maximum atomic E-state index is 10.5. The molecule has 0 aromatic heterocycles. The molecule has 0 saturated carbocycles. The van der Waals surface area contributed by atoms with Crippen LogP contribution in [0.25, 0.3) is 0 Å². The van der Waals surface area contributed by atoms with E-state index >= 15 is 0 Å². The summed E-state index contributed by atoms with van der Waals surface area (Å²) >= 11 is 6.05. The molecule has 1 rings (SSSR count). The van der Waals surface area contributed by atoms with Crippen molar-refractivity contribution in [2.75, 3.05) is 6.61 Å². The van der Waals surface area contributed by atoms with Crippen LogP contribution in [0.5, 0.6) is 0 Å². The highest BCUT2D eigenvalue weighted by molar-refractivity contribution is 9.12. The third-order valence-electron chi connectivity index (χ3n) is 1.12. The molecule has 0 amide bonds. The summed E-state index contributed by atoms with van der Waals surface area (Å²) < 4.78 is 4.31. The van der Waals surface area contributed by atoms with Crippen molar-refractivity contribution in [2.45, 2.75) is 4.32 Å². The second kappa shape index (κ2) is 2.54. The Morgan fingerprint density at radius 1 is 1.90 bits per heavy atom. The number of hydrogen-bond acceptors (Lipinski definition) is 2. The highest BCUT2D eigenvalue weighted by Gasteiger charge is 2.39. The highest BCUT2D eigenvalue weighted by Crippen LogP contribution is 2.31. The molecule has 0 aliphatic carbocycles. The first kappa shape index (κ1) is 8.07. The van der Waals surface area contributed by atoms with E-state index in [0.29, 0.717) is 4.67 Å². The molecule has 0 radical (unpaired) electrons. The Hall–Kier alpha value is -0.0300. The van der Waals surface area contributed by atoms with E-state index in [2.05, 4.69) is 31.9 Å². The van der Waals surface area contributed by atoms with E-state index in [1.807, 2.05) is 0 Å². The fourth-order valence-corrected chi connectivity index (χ4v) is 1.70. The van der Waals surface area contributed by atoms with E-state index in [1.54, 1.807) is 0 Å². The molecule has 1 aliphatic rings. The number of carboxylic acid groups (broad SMARTS) is 1. The largest absolute Gasteiger partial charge is 0.485 e. The molecule has 1 N–H and O–H groups in total. The number of hydrogen-bond donors (Lipinski definition) is 1. The van der Waals surface area contributed by atoms with Gasteiger partial charge in [0.25, 0.3) is 0 Å². The highest BCUT2D eigenvalue weighted by atomic mass is 79.9. The molecule has 0 saturated heterocycles. The quantitative estimate of drug-likeness (QED) is 0.735. The summed E-state index contributed by atoms with van der Waals surface area (Å²) in [4.78, 5) is 10.5. The minimum Gasteiger partial charge on any atom is -0.485 e. The Morgan fingerprint density at radius 3 is 2.70 bits per heavy atom. The van der Waals surface area contributed by atoms with Gasteiger partial charge >= 0.3 is 5.97 Å². The van der Waals surface area contributed by atoms with Crippen LogP contribution in [0.4, 0.5) is 0 Å². The van der Waals surface area contributed by atoms with Crippen LogP contribution in [0.1, 0.15) is 0 Å². The summed E-state index contributed by atoms with van der Waals surface area (Å²) in [5.41, 5.74) is 0. The zero-order valence-corrected chi connectivity index (χ0v) is 7.98. The van der Waals surface area contributed by atoms with Gasteiger partial charge in [-0.3, -0.25) is 4.79 Å². The molecule has 0 aromatic carbocycles. The van der Waals surface area contributed by atoms with Crippen molar-refractivity contribution in [1.82, 2.24) is 0 Å². The van der Waals surface area contributed by atoms with Gasteiger partial charge in [0, 0.05) is 0 Å². The van der Waals surface area contributed by atoms with Gasteiger partial charge in [-0.25, -0.2) is 0 Å². The number of ether oxygens (including phenoxy) is 1. The van der Waals surface area contributed by atoms with Crippen LogP contribution >= 0.6 is 31.9 Å². The number of carbonyl (C=O) groups is 1. The van der Waals surface area contributed by atoms with E-state index in [4.69, 9.17) is 9.84 Å². The summed E-state index contributed by atoms with van der Waals surface area (Å²) in [5.74, 6) is -0.943. The van der Waals surface area contributed by atoms with Crippen LogP contribution in [0.2, 0.25) is 0 Å². The third-order valence-corrected chi connectivity index (χ3v) is 2.37. The summed E-state index contributed by atoms with van der Waals surface area (Å²) in [6, 6.07) is 0.